The Balaban J connectivity index is 2.40. The van der Waals surface area contributed by atoms with E-state index in [4.69, 9.17) is 4.74 Å². The maximum absolute atomic E-state index is 5.75. The summed E-state index contributed by atoms with van der Waals surface area (Å²) in [7, 11) is 2.07. The highest BCUT2D eigenvalue weighted by atomic mass is 16.5. The summed E-state index contributed by atoms with van der Waals surface area (Å²) in [5.74, 6) is 2.57. The van der Waals surface area contributed by atoms with Gasteiger partial charge in [0.05, 0.1) is 12.7 Å². The molecule has 0 aromatic heterocycles. The van der Waals surface area contributed by atoms with Crippen molar-refractivity contribution in [1.82, 2.24) is 5.32 Å². The lowest BCUT2D eigenvalue weighted by Gasteiger charge is -2.36. The van der Waals surface area contributed by atoms with Crippen molar-refractivity contribution in [3.05, 3.63) is 0 Å². The predicted molar refractivity (Wildman–Crippen MR) is 69.6 cm³/mol. The smallest absolute Gasteiger partial charge is 0.0625 e. The highest BCUT2D eigenvalue weighted by Gasteiger charge is 2.29. The van der Waals surface area contributed by atoms with E-state index in [1.54, 1.807) is 0 Å². The van der Waals surface area contributed by atoms with Crippen LogP contribution in [0.1, 0.15) is 47.0 Å². The molecular weight excluding hydrogens is 198 g/mol. The van der Waals surface area contributed by atoms with Crippen LogP contribution in [0.4, 0.5) is 0 Å². The fourth-order valence-electron chi connectivity index (χ4n) is 2.71. The first kappa shape index (κ1) is 14.0. The molecule has 0 spiro atoms. The third-order valence-corrected chi connectivity index (χ3v) is 4.19. The number of rotatable bonds is 5. The Hall–Kier alpha value is -0.0800. The van der Waals surface area contributed by atoms with Crippen molar-refractivity contribution in [3.8, 4) is 0 Å². The minimum absolute atomic E-state index is 0.343. The van der Waals surface area contributed by atoms with E-state index >= 15 is 0 Å². The summed E-state index contributed by atoms with van der Waals surface area (Å²) < 4.78 is 5.75. The van der Waals surface area contributed by atoms with E-state index in [0.29, 0.717) is 12.1 Å². The summed E-state index contributed by atoms with van der Waals surface area (Å²) in [5.41, 5.74) is 0. The van der Waals surface area contributed by atoms with Crippen LogP contribution in [0.2, 0.25) is 0 Å². The zero-order valence-corrected chi connectivity index (χ0v) is 11.6. The van der Waals surface area contributed by atoms with Gasteiger partial charge >= 0.3 is 0 Å². The molecule has 2 heteroatoms. The molecule has 1 aliphatic rings. The zero-order valence-electron chi connectivity index (χ0n) is 11.6. The second-order valence-electron chi connectivity index (χ2n) is 5.80. The molecule has 1 N–H and O–H groups in total. The fraction of sp³-hybridized carbons (Fsp3) is 1.00. The van der Waals surface area contributed by atoms with Gasteiger partial charge < -0.3 is 10.1 Å². The van der Waals surface area contributed by atoms with Crippen LogP contribution in [-0.4, -0.2) is 25.8 Å². The number of hydrogen-bond acceptors (Lipinski definition) is 2. The van der Waals surface area contributed by atoms with Gasteiger partial charge in [0.1, 0.15) is 0 Å². The van der Waals surface area contributed by atoms with Crippen molar-refractivity contribution in [3.63, 3.8) is 0 Å². The maximum atomic E-state index is 5.75. The normalized spacial score (nSPS) is 33.0. The third kappa shape index (κ3) is 4.06. The van der Waals surface area contributed by atoms with Crippen LogP contribution in [0.25, 0.3) is 0 Å². The molecule has 1 rings (SSSR count). The molecule has 2 nitrogen and oxygen atoms in total. The van der Waals surface area contributed by atoms with Crippen LogP contribution in [0.5, 0.6) is 0 Å². The minimum atomic E-state index is 0.343. The highest BCUT2D eigenvalue weighted by molar-refractivity contribution is 4.83. The molecule has 0 bridgehead atoms. The van der Waals surface area contributed by atoms with Crippen molar-refractivity contribution in [2.24, 2.45) is 17.8 Å². The second-order valence-corrected chi connectivity index (χ2v) is 5.80. The molecule has 0 aromatic carbocycles. The first-order chi connectivity index (χ1) is 7.54. The van der Waals surface area contributed by atoms with E-state index in [2.05, 4.69) is 40.1 Å². The fourth-order valence-corrected chi connectivity index (χ4v) is 2.71. The van der Waals surface area contributed by atoms with Gasteiger partial charge in [0.2, 0.25) is 0 Å². The van der Waals surface area contributed by atoms with Gasteiger partial charge in [0, 0.05) is 6.04 Å². The van der Waals surface area contributed by atoms with Gasteiger partial charge in [-0.05, 0) is 51.5 Å². The number of likely N-dealkylation sites (N-methyl/N-ethyl adjacent to an activating group) is 1. The van der Waals surface area contributed by atoms with Gasteiger partial charge in [-0.1, -0.05) is 20.3 Å². The summed E-state index contributed by atoms with van der Waals surface area (Å²) >= 11 is 0. The van der Waals surface area contributed by atoms with E-state index in [0.717, 1.165) is 24.4 Å². The van der Waals surface area contributed by atoms with E-state index in [-0.39, 0.29) is 0 Å². The average molecular weight is 227 g/mol. The topological polar surface area (TPSA) is 21.3 Å². The Bertz CT molecular complexity index is 193. The largest absolute Gasteiger partial charge is 0.377 e. The Morgan fingerprint density at radius 2 is 1.88 bits per heavy atom. The summed E-state index contributed by atoms with van der Waals surface area (Å²) in [4.78, 5) is 0. The SMILES string of the molecule is CNC(COC(C)C)C1CCC(C)C(C)C1. The zero-order chi connectivity index (χ0) is 12.1. The summed E-state index contributed by atoms with van der Waals surface area (Å²) in [5, 5.41) is 3.44. The molecule has 0 saturated heterocycles. The molecule has 1 fully saturated rings. The quantitative estimate of drug-likeness (QED) is 0.779. The third-order valence-electron chi connectivity index (χ3n) is 4.19. The van der Waals surface area contributed by atoms with E-state index in [1.807, 2.05) is 0 Å². The Kier molecular flexibility index (Phi) is 5.77. The molecular formula is C14H29NO. The van der Waals surface area contributed by atoms with E-state index < -0.39 is 0 Å². The molecule has 96 valence electrons. The van der Waals surface area contributed by atoms with Gasteiger partial charge in [0.25, 0.3) is 0 Å². The minimum Gasteiger partial charge on any atom is -0.377 e. The van der Waals surface area contributed by atoms with E-state index in [1.165, 1.54) is 19.3 Å². The molecule has 0 amide bonds. The first-order valence-electron chi connectivity index (χ1n) is 6.83. The van der Waals surface area contributed by atoms with Crippen LogP contribution >= 0.6 is 0 Å². The van der Waals surface area contributed by atoms with Crippen molar-refractivity contribution >= 4 is 0 Å². The number of nitrogens with one attached hydrogen (secondary N) is 1. The summed E-state index contributed by atoms with van der Waals surface area (Å²) in [6.45, 7) is 9.86. The van der Waals surface area contributed by atoms with Gasteiger partial charge in [-0.15, -0.1) is 0 Å². The number of ether oxygens (including phenoxy) is 1. The van der Waals surface area contributed by atoms with E-state index in [9.17, 15) is 0 Å². The molecule has 0 aromatic rings. The Labute approximate surface area is 101 Å². The van der Waals surface area contributed by atoms with Gasteiger partial charge in [-0.2, -0.15) is 0 Å². The Morgan fingerprint density at radius 1 is 1.19 bits per heavy atom. The monoisotopic (exact) mass is 227 g/mol. The average Bonchev–Trinajstić information content (AvgIpc) is 2.23. The molecule has 0 radical (unpaired) electrons. The lowest BCUT2D eigenvalue weighted by molar-refractivity contribution is 0.0374. The van der Waals surface area contributed by atoms with Crippen LogP contribution in [0.3, 0.4) is 0 Å². The van der Waals surface area contributed by atoms with Crippen LogP contribution in [-0.2, 0) is 4.74 Å². The second kappa shape index (κ2) is 6.61. The van der Waals surface area contributed by atoms with Crippen LogP contribution in [0.15, 0.2) is 0 Å². The predicted octanol–water partition coefficient (Wildman–Crippen LogP) is 3.07. The first-order valence-corrected chi connectivity index (χ1v) is 6.83. The highest BCUT2D eigenvalue weighted by Crippen LogP contribution is 2.35. The summed E-state index contributed by atoms with van der Waals surface area (Å²) in [6.07, 6.45) is 4.44. The van der Waals surface area contributed by atoms with Crippen molar-refractivity contribution in [2.45, 2.75) is 59.1 Å². The summed E-state index contributed by atoms with van der Waals surface area (Å²) in [6, 6.07) is 0.539. The van der Waals surface area contributed by atoms with Gasteiger partial charge in [-0.3, -0.25) is 0 Å². The molecule has 4 atom stereocenters. The Morgan fingerprint density at radius 3 is 2.38 bits per heavy atom. The van der Waals surface area contributed by atoms with Crippen molar-refractivity contribution in [2.75, 3.05) is 13.7 Å². The molecule has 1 aliphatic carbocycles. The van der Waals surface area contributed by atoms with Gasteiger partial charge in [-0.25, -0.2) is 0 Å². The number of hydrogen-bond donors (Lipinski definition) is 1. The molecule has 4 unspecified atom stereocenters. The van der Waals surface area contributed by atoms with Crippen LogP contribution in [0, 0.1) is 17.8 Å². The van der Waals surface area contributed by atoms with Crippen LogP contribution < -0.4 is 5.32 Å². The molecule has 0 heterocycles. The maximum Gasteiger partial charge on any atom is 0.0625 e. The molecule has 16 heavy (non-hydrogen) atoms. The lowest BCUT2D eigenvalue weighted by atomic mass is 9.73. The molecule has 1 saturated carbocycles. The standard InChI is InChI=1S/C14H29NO/c1-10(2)16-9-14(15-5)13-7-6-11(3)12(4)8-13/h10-15H,6-9H2,1-5H3. The molecule has 0 aliphatic heterocycles. The van der Waals surface area contributed by atoms with Crippen molar-refractivity contribution in [1.29, 1.82) is 0 Å². The lowest BCUT2D eigenvalue weighted by Crippen LogP contribution is -2.41. The van der Waals surface area contributed by atoms with Gasteiger partial charge in [0.15, 0.2) is 0 Å². The van der Waals surface area contributed by atoms with Crippen molar-refractivity contribution < 1.29 is 4.74 Å².